The van der Waals surface area contributed by atoms with Gasteiger partial charge in [0.2, 0.25) is 0 Å². The summed E-state index contributed by atoms with van der Waals surface area (Å²) in [5, 5.41) is 0. The Bertz CT molecular complexity index is 937. The van der Waals surface area contributed by atoms with E-state index >= 15 is 0 Å². The summed E-state index contributed by atoms with van der Waals surface area (Å²) in [6.45, 7) is 7.96. The molecular weight excluding hydrogens is 319 g/mol. The van der Waals surface area contributed by atoms with Gasteiger partial charge in [0, 0.05) is 16.9 Å². The van der Waals surface area contributed by atoms with Crippen LogP contribution in [-0.4, -0.2) is 27.4 Å². The third kappa shape index (κ3) is 3.99. The van der Waals surface area contributed by atoms with Gasteiger partial charge >= 0.3 is 0 Å². The average molecular weight is 342 g/mol. The van der Waals surface area contributed by atoms with E-state index in [1.165, 1.54) is 6.33 Å². The predicted octanol–water partition coefficient (Wildman–Crippen LogP) is 4.31. The fourth-order valence-electron chi connectivity index (χ4n) is 2.51. The van der Waals surface area contributed by atoms with Gasteiger partial charge in [0.05, 0.1) is 0 Å². The SMILES string of the molecule is CC.[B]c1ncnc2c1nc(-c1ccccc1)n2C(/C=C\C)=C/C=C\C. The van der Waals surface area contributed by atoms with E-state index in [1.54, 1.807) is 0 Å². The summed E-state index contributed by atoms with van der Waals surface area (Å²) in [6, 6.07) is 9.99. The lowest BCUT2D eigenvalue weighted by Crippen LogP contribution is -2.10. The van der Waals surface area contributed by atoms with E-state index in [0.717, 1.165) is 17.1 Å². The maximum absolute atomic E-state index is 6.01. The van der Waals surface area contributed by atoms with Crippen molar-refractivity contribution in [1.82, 2.24) is 19.5 Å². The molecule has 3 aromatic rings. The molecule has 0 aliphatic rings. The Balaban J connectivity index is 0.00000117. The van der Waals surface area contributed by atoms with Crippen molar-refractivity contribution in [3.63, 3.8) is 0 Å². The minimum Gasteiger partial charge on any atom is -0.277 e. The molecule has 2 heterocycles. The van der Waals surface area contributed by atoms with Gasteiger partial charge in [-0.25, -0.2) is 9.97 Å². The van der Waals surface area contributed by atoms with Crippen LogP contribution in [0.15, 0.2) is 67.0 Å². The molecule has 3 rings (SSSR count). The molecule has 0 aliphatic carbocycles. The third-order valence-corrected chi connectivity index (χ3v) is 3.56. The number of rotatable bonds is 4. The third-order valence-electron chi connectivity index (χ3n) is 3.56. The van der Waals surface area contributed by atoms with Crippen molar-refractivity contribution < 1.29 is 0 Å². The van der Waals surface area contributed by atoms with E-state index in [2.05, 4.69) is 9.97 Å². The number of aromatic nitrogens is 4. The zero-order chi connectivity index (χ0) is 18.9. The van der Waals surface area contributed by atoms with Gasteiger partial charge in [-0.15, -0.1) is 0 Å². The Hall–Kier alpha value is -2.95. The highest BCUT2D eigenvalue weighted by Crippen LogP contribution is 2.26. The second-order valence-corrected chi connectivity index (χ2v) is 5.19. The molecule has 4 nitrogen and oxygen atoms in total. The highest BCUT2D eigenvalue weighted by atomic mass is 15.1. The topological polar surface area (TPSA) is 43.6 Å². The first kappa shape index (κ1) is 19.4. The van der Waals surface area contributed by atoms with Gasteiger partial charge in [0.1, 0.15) is 25.5 Å². The number of hydrogen-bond donors (Lipinski definition) is 0. The molecule has 0 spiro atoms. The Morgan fingerprint density at radius 3 is 2.42 bits per heavy atom. The molecule has 0 N–H and O–H groups in total. The summed E-state index contributed by atoms with van der Waals surface area (Å²) in [5.74, 6) is 0.784. The van der Waals surface area contributed by atoms with Crippen LogP contribution in [0.3, 0.4) is 0 Å². The van der Waals surface area contributed by atoms with Crippen molar-refractivity contribution in [3.05, 3.63) is 67.0 Å². The molecule has 0 saturated heterocycles. The first-order valence-electron chi connectivity index (χ1n) is 8.76. The van der Waals surface area contributed by atoms with Gasteiger partial charge in [0.25, 0.3) is 0 Å². The second-order valence-electron chi connectivity index (χ2n) is 5.19. The maximum atomic E-state index is 6.01. The Kier molecular flexibility index (Phi) is 7.09. The molecule has 0 amide bonds. The van der Waals surface area contributed by atoms with Gasteiger partial charge in [0.15, 0.2) is 5.65 Å². The minimum absolute atomic E-state index is 0.377. The zero-order valence-electron chi connectivity index (χ0n) is 15.7. The molecule has 0 atom stereocenters. The van der Waals surface area contributed by atoms with Crippen molar-refractivity contribution in [3.8, 4) is 11.4 Å². The summed E-state index contributed by atoms with van der Waals surface area (Å²) in [5.41, 5.74) is 3.62. The van der Waals surface area contributed by atoms with Gasteiger partial charge in [-0.05, 0) is 26.0 Å². The highest BCUT2D eigenvalue weighted by Gasteiger charge is 2.16. The fourth-order valence-corrected chi connectivity index (χ4v) is 2.51. The van der Waals surface area contributed by atoms with Crippen LogP contribution in [0.5, 0.6) is 0 Å². The van der Waals surface area contributed by atoms with E-state index < -0.39 is 0 Å². The molecule has 0 saturated carbocycles. The molecular formula is C21H23BN4. The molecule has 2 aromatic heterocycles. The quantitative estimate of drug-likeness (QED) is 0.524. The van der Waals surface area contributed by atoms with Gasteiger partial charge in [-0.2, -0.15) is 0 Å². The first-order valence-corrected chi connectivity index (χ1v) is 8.76. The number of allylic oxidation sites excluding steroid dienone is 6. The zero-order valence-corrected chi connectivity index (χ0v) is 15.7. The van der Waals surface area contributed by atoms with Crippen molar-refractivity contribution in [2.75, 3.05) is 0 Å². The fraction of sp³-hybridized carbons (Fsp3) is 0.190. The van der Waals surface area contributed by atoms with Crippen molar-refractivity contribution in [2.45, 2.75) is 27.7 Å². The Labute approximate surface area is 156 Å². The van der Waals surface area contributed by atoms with Gasteiger partial charge < -0.3 is 0 Å². The lowest BCUT2D eigenvalue weighted by molar-refractivity contribution is 1.10. The van der Waals surface area contributed by atoms with Crippen molar-refractivity contribution in [2.24, 2.45) is 0 Å². The molecule has 0 fully saturated rings. The summed E-state index contributed by atoms with van der Waals surface area (Å²) >= 11 is 0. The summed E-state index contributed by atoms with van der Waals surface area (Å²) in [7, 11) is 6.01. The maximum Gasteiger partial charge on any atom is 0.167 e. The average Bonchev–Trinajstić information content (AvgIpc) is 3.08. The predicted molar refractivity (Wildman–Crippen MR) is 111 cm³/mol. The molecule has 1 aromatic carbocycles. The van der Waals surface area contributed by atoms with Crippen LogP contribution >= 0.6 is 0 Å². The van der Waals surface area contributed by atoms with E-state index in [0.29, 0.717) is 16.8 Å². The summed E-state index contributed by atoms with van der Waals surface area (Å²) in [4.78, 5) is 13.2. The molecule has 0 unspecified atom stereocenters. The van der Waals surface area contributed by atoms with Gasteiger partial charge in [-0.1, -0.05) is 62.4 Å². The number of fused-ring (bicyclic) bond motifs is 1. The Morgan fingerprint density at radius 2 is 1.77 bits per heavy atom. The monoisotopic (exact) mass is 342 g/mol. The van der Waals surface area contributed by atoms with Crippen LogP contribution in [0.1, 0.15) is 27.7 Å². The normalized spacial score (nSPS) is 11.9. The molecule has 130 valence electrons. The van der Waals surface area contributed by atoms with Gasteiger partial charge in [-0.3, -0.25) is 9.55 Å². The van der Waals surface area contributed by atoms with Crippen LogP contribution in [0, 0.1) is 0 Å². The molecule has 0 bridgehead atoms. The van der Waals surface area contributed by atoms with Crippen LogP contribution in [-0.2, 0) is 0 Å². The lowest BCUT2D eigenvalue weighted by atomic mass is 10.0. The lowest BCUT2D eigenvalue weighted by Gasteiger charge is -2.09. The van der Waals surface area contributed by atoms with Crippen molar-refractivity contribution in [1.29, 1.82) is 0 Å². The van der Waals surface area contributed by atoms with Crippen LogP contribution < -0.4 is 5.59 Å². The van der Waals surface area contributed by atoms with Crippen LogP contribution in [0.25, 0.3) is 28.2 Å². The molecule has 26 heavy (non-hydrogen) atoms. The number of hydrogen-bond acceptors (Lipinski definition) is 3. The Morgan fingerprint density at radius 1 is 1.04 bits per heavy atom. The summed E-state index contributed by atoms with van der Waals surface area (Å²) in [6.07, 6.45) is 11.5. The number of benzene rings is 1. The summed E-state index contributed by atoms with van der Waals surface area (Å²) < 4.78 is 2.00. The first-order chi connectivity index (χ1) is 12.8. The molecule has 2 radical (unpaired) electrons. The van der Waals surface area contributed by atoms with Crippen LogP contribution in [0.2, 0.25) is 0 Å². The standard InChI is InChI=1S/C19H17BN4.C2H6/c1-3-5-12-15(9-4-2)24-18(14-10-7-6-8-11-14)23-16-17(20)21-13-22-19(16)24;1-2/h3-13H,1-2H3;1-2H3/b5-3-,9-4-,15-12+;. The van der Waals surface area contributed by atoms with Crippen molar-refractivity contribution >= 4 is 30.3 Å². The minimum atomic E-state index is 0.377. The molecule has 0 aliphatic heterocycles. The van der Waals surface area contributed by atoms with E-state index in [-0.39, 0.29) is 0 Å². The second kappa shape index (κ2) is 9.52. The van der Waals surface area contributed by atoms with E-state index in [4.69, 9.17) is 12.8 Å². The highest BCUT2D eigenvalue weighted by molar-refractivity contribution is 6.36. The largest absolute Gasteiger partial charge is 0.277 e. The number of imidazole rings is 1. The van der Waals surface area contributed by atoms with Crippen LogP contribution in [0.4, 0.5) is 0 Å². The number of nitrogens with zero attached hydrogens (tertiary/aromatic N) is 4. The van der Waals surface area contributed by atoms with E-state index in [9.17, 15) is 0 Å². The smallest absolute Gasteiger partial charge is 0.167 e. The van der Waals surface area contributed by atoms with E-state index in [1.807, 2.05) is 93.0 Å². The molecule has 5 heteroatoms.